The Morgan fingerprint density at radius 1 is 1.19 bits per heavy atom. The molecule has 0 saturated carbocycles. The van der Waals surface area contributed by atoms with Crippen LogP contribution >= 0.6 is 11.8 Å². The van der Waals surface area contributed by atoms with Gasteiger partial charge in [0.2, 0.25) is 5.91 Å². The zero-order chi connectivity index (χ0) is 18.8. The van der Waals surface area contributed by atoms with E-state index in [-0.39, 0.29) is 17.4 Å². The number of aromatic nitrogens is 2. The number of carbonyl (C=O) groups is 1. The van der Waals surface area contributed by atoms with Crippen LogP contribution in [0.2, 0.25) is 0 Å². The minimum atomic E-state index is -0.149. The highest BCUT2D eigenvalue weighted by Crippen LogP contribution is 2.26. The number of thioether (sulfide) groups is 1. The van der Waals surface area contributed by atoms with E-state index in [1.807, 2.05) is 11.0 Å². The zero-order valence-corrected chi connectivity index (χ0v) is 16.3. The quantitative estimate of drug-likeness (QED) is 0.753. The number of hydrogen-bond donors (Lipinski definition) is 0. The first kappa shape index (κ1) is 18.3. The number of hydrogen-bond acceptors (Lipinski definition) is 5. The first-order valence-electron chi connectivity index (χ1n) is 9.36. The number of rotatable bonds is 3. The van der Waals surface area contributed by atoms with E-state index in [0.717, 1.165) is 37.9 Å². The molecule has 6 nitrogen and oxygen atoms in total. The van der Waals surface area contributed by atoms with E-state index in [9.17, 15) is 9.59 Å². The third-order valence-corrected chi connectivity index (χ3v) is 6.43. The molecule has 142 valence electrons. The van der Waals surface area contributed by atoms with Gasteiger partial charge in [-0.05, 0) is 12.5 Å². The molecule has 1 aromatic heterocycles. The maximum absolute atomic E-state index is 13.0. The Morgan fingerprint density at radius 2 is 1.93 bits per heavy atom. The van der Waals surface area contributed by atoms with Crippen LogP contribution in [0.5, 0.6) is 0 Å². The summed E-state index contributed by atoms with van der Waals surface area (Å²) < 4.78 is 1.66. The second-order valence-electron chi connectivity index (χ2n) is 7.23. The average molecular weight is 385 g/mol. The molecule has 1 saturated heterocycles. The van der Waals surface area contributed by atoms with E-state index < -0.39 is 0 Å². The van der Waals surface area contributed by atoms with Gasteiger partial charge in [0.15, 0.2) is 5.16 Å². The Hall–Kier alpha value is -2.12. The van der Waals surface area contributed by atoms with Crippen LogP contribution in [-0.2, 0) is 17.9 Å². The normalized spacial score (nSPS) is 20.3. The minimum Gasteiger partial charge on any atom is -0.340 e. The molecular weight excluding hydrogens is 360 g/mol. The molecule has 7 heteroatoms. The van der Waals surface area contributed by atoms with Crippen LogP contribution in [0.15, 0.2) is 46.5 Å². The van der Waals surface area contributed by atoms with Crippen molar-refractivity contribution in [1.82, 2.24) is 19.4 Å². The summed E-state index contributed by atoms with van der Waals surface area (Å²) >= 11 is 1.51. The number of benzene rings is 1. The second kappa shape index (κ2) is 7.86. The largest absolute Gasteiger partial charge is 0.340 e. The number of nitrogens with zero attached hydrogens (tertiary/aromatic N) is 4. The first-order valence-corrected chi connectivity index (χ1v) is 10.3. The van der Waals surface area contributed by atoms with E-state index in [4.69, 9.17) is 0 Å². The Kier molecular flexibility index (Phi) is 5.31. The van der Waals surface area contributed by atoms with Crippen LogP contribution in [0.3, 0.4) is 0 Å². The molecular formula is C20H24N4O2S. The molecule has 4 rings (SSSR count). The van der Waals surface area contributed by atoms with Crippen LogP contribution in [-0.4, -0.2) is 57.2 Å². The van der Waals surface area contributed by atoms with Crippen molar-refractivity contribution in [3.05, 3.63) is 58.0 Å². The van der Waals surface area contributed by atoms with Gasteiger partial charge in [-0.2, -0.15) is 0 Å². The third-order valence-electron chi connectivity index (χ3n) is 5.28. The Labute approximate surface area is 163 Å². The number of piperazine rings is 1. The molecule has 1 fully saturated rings. The summed E-state index contributed by atoms with van der Waals surface area (Å²) in [5.74, 6) is 0.712. The van der Waals surface area contributed by atoms with Crippen molar-refractivity contribution < 1.29 is 4.79 Å². The van der Waals surface area contributed by atoms with Crippen LogP contribution in [0, 0.1) is 12.8 Å². The number of fused-ring (bicyclic) bond motifs is 1. The minimum absolute atomic E-state index is 0.0299. The molecule has 0 aliphatic carbocycles. The fraction of sp³-hybridized carbons (Fsp3) is 0.450. The Balaban J connectivity index is 1.36. The van der Waals surface area contributed by atoms with Crippen molar-refractivity contribution >= 4 is 17.7 Å². The standard InChI is InChI=1S/C20H24N4O2S/c1-15-11-21-20-24(18(15)25)13-17(14-27-20)19(26)23-9-7-22(8-10-23)12-16-5-3-2-4-6-16/h2-6,11,17H,7-10,12-14H2,1H3. The number of amides is 1. The molecule has 2 aromatic rings. The zero-order valence-electron chi connectivity index (χ0n) is 15.5. The maximum Gasteiger partial charge on any atom is 0.257 e. The molecule has 1 amide bonds. The summed E-state index contributed by atoms with van der Waals surface area (Å²) in [5, 5.41) is 0.724. The summed E-state index contributed by atoms with van der Waals surface area (Å²) in [7, 11) is 0. The Morgan fingerprint density at radius 3 is 2.67 bits per heavy atom. The predicted molar refractivity (Wildman–Crippen MR) is 106 cm³/mol. The van der Waals surface area contributed by atoms with Crippen LogP contribution < -0.4 is 5.56 Å². The first-order chi connectivity index (χ1) is 13.1. The maximum atomic E-state index is 13.0. The summed E-state index contributed by atoms with van der Waals surface area (Å²) in [6.07, 6.45) is 1.62. The van der Waals surface area contributed by atoms with Gasteiger partial charge in [0, 0.05) is 56.8 Å². The van der Waals surface area contributed by atoms with Crippen LogP contribution in [0.1, 0.15) is 11.1 Å². The predicted octanol–water partition coefficient (Wildman–Crippen LogP) is 1.62. The van der Waals surface area contributed by atoms with Gasteiger partial charge >= 0.3 is 0 Å². The fourth-order valence-electron chi connectivity index (χ4n) is 3.68. The lowest BCUT2D eigenvalue weighted by Gasteiger charge is -2.37. The molecule has 0 spiro atoms. The lowest BCUT2D eigenvalue weighted by atomic mass is 10.1. The van der Waals surface area contributed by atoms with Crippen molar-refractivity contribution in [3.8, 4) is 0 Å². The highest BCUT2D eigenvalue weighted by atomic mass is 32.2. The Bertz CT molecular complexity index is 875. The SMILES string of the molecule is Cc1cnc2n(c1=O)CC(C(=O)N1CCN(Cc3ccccc3)CC1)CS2. The van der Waals surface area contributed by atoms with Gasteiger partial charge in [-0.15, -0.1) is 0 Å². The van der Waals surface area contributed by atoms with Gasteiger partial charge in [-0.25, -0.2) is 4.98 Å². The lowest BCUT2D eigenvalue weighted by Crippen LogP contribution is -2.51. The highest BCUT2D eigenvalue weighted by molar-refractivity contribution is 7.99. The van der Waals surface area contributed by atoms with Gasteiger partial charge in [0.25, 0.3) is 5.56 Å². The van der Waals surface area contributed by atoms with Crippen molar-refractivity contribution in [2.45, 2.75) is 25.2 Å². The van der Waals surface area contributed by atoms with E-state index >= 15 is 0 Å². The average Bonchev–Trinajstić information content (AvgIpc) is 2.71. The molecule has 1 atom stereocenters. The monoisotopic (exact) mass is 384 g/mol. The molecule has 3 heterocycles. The van der Waals surface area contributed by atoms with Crippen LogP contribution in [0.4, 0.5) is 0 Å². The van der Waals surface area contributed by atoms with Crippen molar-refractivity contribution in [2.75, 3.05) is 31.9 Å². The van der Waals surface area contributed by atoms with Gasteiger partial charge in [-0.3, -0.25) is 19.1 Å². The summed E-state index contributed by atoms with van der Waals surface area (Å²) in [6, 6.07) is 10.4. The van der Waals surface area contributed by atoms with Crippen molar-refractivity contribution in [3.63, 3.8) is 0 Å². The lowest BCUT2D eigenvalue weighted by molar-refractivity contribution is -0.137. The van der Waals surface area contributed by atoms with Crippen LogP contribution in [0.25, 0.3) is 0 Å². The molecule has 2 aliphatic rings. The van der Waals surface area contributed by atoms with E-state index in [2.05, 4.69) is 34.1 Å². The van der Waals surface area contributed by atoms with Gasteiger partial charge < -0.3 is 4.90 Å². The second-order valence-corrected chi connectivity index (χ2v) is 8.22. The summed E-state index contributed by atoms with van der Waals surface area (Å²) in [6.45, 7) is 6.41. The van der Waals surface area contributed by atoms with Gasteiger partial charge in [0.05, 0.1) is 5.92 Å². The molecule has 1 aromatic carbocycles. The van der Waals surface area contributed by atoms with E-state index in [0.29, 0.717) is 17.9 Å². The van der Waals surface area contributed by atoms with Gasteiger partial charge in [-0.1, -0.05) is 42.1 Å². The third kappa shape index (κ3) is 3.94. The van der Waals surface area contributed by atoms with E-state index in [1.54, 1.807) is 17.7 Å². The molecule has 0 radical (unpaired) electrons. The smallest absolute Gasteiger partial charge is 0.257 e. The molecule has 2 aliphatic heterocycles. The van der Waals surface area contributed by atoms with E-state index in [1.165, 1.54) is 17.3 Å². The summed E-state index contributed by atoms with van der Waals surface area (Å²) in [5.41, 5.74) is 1.90. The number of carbonyl (C=O) groups excluding carboxylic acids is 1. The number of aryl methyl sites for hydroxylation is 1. The topological polar surface area (TPSA) is 58.4 Å². The summed E-state index contributed by atoms with van der Waals surface area (Å²) in [4.78, 5) is 34.0. The highest BCUT2D eigenvalue weighted by Gasteiger charge is 2.31. The molecule has 27 heavy (non-hydrogen) atoms. The van der Waals surface area contributed by atoms with Crippen molar-refractivity contribution in [2.24, 2.45) is 5.92 Å². The van der Waals surface area contributed by atoms with Gasteiger partial charge in [0.1, 0.15) is 0 Å². The molecule has 1 unspecified atom stereocenters. The molecule has 0 N–H and O–H groups in total. The van der Waals surface area contributed by atoms with Crippen molar-refractivity contribution in [1.29, 1.82) is 0 Å². The molecule has 0 bridgehead atoms. The fourth-order valence-corrected chi connectivity index (χ4v) is 4.72.